The Morgan fingerprint density at radius 3 is 2.35 bits per heavy atom. The maximum Gasteiger partial charge on any atom is 0.258 e. The number of piperazine rings is 1. The van der Waals surface area contributed by atoms with Crippen LogP contribution in [0.15, 0.2) is 83.7 Å². The molecular formula is C27H26N4OS2. The minimum absolute atomic E-state index is 0.0950. The molecule has 3 aromatic carbocycles. The maximum atomic E-state index is 12.7. The summed E-state index contributed by atoms with van der Waals surface area (Å²) >= 11 is 7.38. The first-order valence-electron chi connectivity index (χ1n) is 11.4. The number of nitrogens with one attached hydrogen (secondary N) is 1. The summed E-state index contributed by atoms with van der Waals surface area (Å²) in [6.45, 7) is 3.78. The van der Waals surface area contributed by atoms with Crippen molar-refractivity contribution in [1.82, 2.24) is 14.9 Å². The molecule has 1 aromatic heterocycles. The van der Waals surface area contributed by atoms with Gasteiger partial charge in [0.1, 0.15) is 10.1 Å². The Balaban J connectivity index is 1.20. The number of hydrogen-bond donors (Lipinski definition) is 1. The Kier molecular flexibility index (Phi) is 6.92. The van der Waals surface area contributed by atoms with Crippen molar-refractivity contribution in [3.8, 4) is 0 Å². The van der Waals surface area contributed by atoms with Gasteiger partial charge in [0.05, 0.1) is 10.9 Å². The Hall–Kier alpha value is -3.16. The molecule has 7 heteroatoms. The number of anilines is 1. The standard InChI is InChI=1S/C27H26N4OS2/c32-26-23-17-21(11-12-24(23)28-25(29-26)18-20-7-3-1-4-8-20)19-34-27(33)31-15-13-30(14-16-31)22-9-5-2-6-10-22/h1-12,17H,13-16,18-19H2,(H,28,29,32). The zero-order chi connectivity index (χ0) is 23.3. The lowest BCUT2D eigenvalue weighted by molar-refractivity contribution is 0.397. The number of para-hydroxylation sites is 1. The van der Waals surface area contributed by atoms with Gasteiger partial charge in [-0.3, -0.25) is 4.79 Å². The molecule has 1 aliphatic rings. The van der Waals surface area contributed by atoms with E-state index >= 15 is 0 Å². The third-order valence-electron chi connectivity index (χ3n) is 6.05. The second kappa shape index (κ2) is 10.4. The van der Waals surface area contributed by atoms with Crippen molar-refractivity contribution in [3.63, 3.8) is 0 Å². The molecule has 34 heavy (non-hydrogen) atoms. The molecule has 0 radical (unpaired) electrons. The highest BCUT2D eigenvalue weighted by Crippen LogP contribution is 2.22. The molecule has 5 rings (SSSR count). The van der Waals surface area contributed by atoms with Gasteiger partial charge >= 0.3 is 0 Å². The van der Waals surface area contributed by atoms with E-state index in [1.54, 1.807) is 11.8 Å². The number of nitrogens with zero attached hydrogens (tertiary/aromatic N) is 3. The monoisotopic (exact) mass is 486 g/mol. The lowest BCUT2D eigenvalue weighted by Gasteiger charge is -2.37. The number of fused-ring (bicyclic) bond motifs is 1. The number of hydrogen-bond acceptors (Lipinski definition) is 5. The average Bonchev–Trinajstić information content (AvgIpc) is 2.89. The van der Waals surface area contributed by atoms with Gasteiger partial charge in [0, 0.05) is 44.0 Å². The Morgan fingerprint density at radius 1 is 0.912 bits per heavy atom. The number of rotatable bonds is 5. The van der Waals surface area contributed by atoms with Crippen LogP contribution in [0.2, 0.25) is 0 Å². The van der Waals surface area contributed by atoms with Crippen molar-refractivity contribution >= 4 is 44.9 Å². The highest BCUT2D eigenvalue weighted by atomic mass is 32.2. The van der Waals surface area contributed by atoms with E-state index < -0.39 is 0 Å². The molecule has 0 atom stereocenters. The first-order chi connectivity index (χ1) is 16.7. The lowest BCUT2D eigenvalue weighted by Crippen LogP contribution is -2.47. The predicted molar refractivity (Wildman–Crippen MR) is 146 cm³/mol. The third-order valence-corrected chi connectivity index (χ3v) is 7.65. The summed E-state index contributed by atoms with van der Waals surface area (Å²) in [4.78, 5) is 25.0. The lowest BCUT2D eigenvalue weighted by atomic mass is 10.1. The number of H-pyrrole nitrogens is 1. The van der Waals surface area contributed by atoms with Gasteiger partial charge < -0.3 is 14.8 Å². The van der Waals surface area contributed by atoms with Gasteiger partial charge in [-0.15, -0.1) is 0 Å². The molecule has 4 aromatic rings. The van der Waals surface area contributed by atoms with Crippen molar-refractivity contribution < 1.29 is 0 Å². The molecule has 2 heterocycles. The quantitative estimate of drug-likeness (QED) is 0.407. The molecule has 0 unspecified atom stereocenters. The summed E-state index contributed by atoms with van der Waals surface area (Å²) in [7, 11) is 0. The number of benzene rings is 3. The molecule has 0 spiro atoms. The van der Waals surface area contributed by atoms with E-state index in [0.29, 0.717) is 17.6 Å². The van der Waals surface area contributed by atoms with Crippen LogP contribution >= 0.6 is 24.0 Å². The molecule has 0 saturated carbocycles. The molecule has 1 saturated heterocycles. The van der Waals surface area contributed by atoms with E-state index in [-0.39, 0.29) is 5.56 Å². The van der Waals surface area contributed by atoms with Crippen LogP contribution < -0.4 is 10.5 Å². The SMILES string of the molecule is O=c1[nH]c(Cc2ccccc2)nc2ccc(CSC(=S)N3CCN(c4ccccc4)CC3)cc12. The van der Waals surface area contributed by atoms with Gasteiger partial charge in [0.25, 0.3) is 5.56 Å². The molecule has 172 valence electrons. The van der Waals surface area contributed by atoms with E-state index in [2.05, 4.69) is 44.0 Å². The Bertz CT molecular complexity index is 1330. The van der Waals surface area contributed by atoms with E-state index in [0.717, 1.165) is 52.9 Å². The highest BCUT2D eigenvalue weighted by molar-refractivity contribution is 8.22. The van der Waals surface area contributed by atoms with Crippen LogP contribution in [0.1, 0.15) is 17.0 Å². The van der Waals surface area contributed by atoms with Crippen molar-refractivity contribution in [1.29, 1.82) is 0 Å². The van der Waals surface area contributed by atoms with Crippen molar-refractivity contribution in [2.45, 2.75) is 12.2 Å². The molecular weight excluding hydrogens is 460 g/mol. The second-order valence-corrected chi connectivity index (χ2v) is 10.00. The largest absolute Gasteiger partial charge is 0.368 e. The predicted octanol–water partition coefficient (Wildman–Crippen LogP) is 4.85. The maximum absolute atomic E-state index is 12.7. The first kappa shape index (κ1) is 22.6. The fraction of sp³-hybridized carbons (Fsp3) is 0.222. The fourth-order valence-corrected chi connectivity index (χ4v) is 5.41. The summed E-state index contributed by atoms with van der Waals surface area (Å²) < 4.78 is 0.915. The number of aromatic amines is 1. The van der Waals surface area contributed by atoms with Gasteiger partial charge in [-0.25, -0.2) is 4.98 Å². The molecule has 1 fully saturated rings. The van der Waals surface area contributed by atoms with Gasteiger partial charge in [0.15, 0.2) is 0 Å². The summed E-state index contributed by atoms with van der Waals surface area (Å²) in [6, 6.07) is 26.5. The zero-order valence-corrected chi connectivity index (χ0v) is 20.4. The van der Waals surface area contributed by atoms with Crippen molar-refractivity contribution in [2.24, 2.45) is 0 Å². The highest BCUT2D eigenvalue weighted by Gasteiger charge is 2.19. The second-order valence-electron chi connectivity index (χ2n) is 8.39. The van der Waals surface area contributed by atoms with E-state index in [4.69, 9.17) is 12.2 Å². The van der Waals surface area contributed by atoms with Crippen LogP contribution in [0.5, 0.6) is 0 Å². The van der Waals surface area contributed by atoms with Crippen LogP contribution in [-0.4, -0.2) is 45.4 Å². The minimum Gasteiger partial charge on any atom is -0.368 e. The van der Waals surface area contributed by atoms with Crippen LogP contribution in [-0.2, 0) is 12.2 Å². The van der Waals surface area contributed by atoms with Gasteiger partial charge in [-0.1, -0.05) is 78.6 Å². The topological polar surface area (TPSA) is 52.2 Å². The fourth-order valence-electron chi connectivity index (χ4n) is 4.22. The number of thioether (sulfide) groups is 1. The molecule has 5 nitrogen and oxygen atoms in total. The molecule has 1 aliphatic heterocycles. The number of thiocarbonyl (C=S) groups is 1. The van der Waals surface area contributed by atoms with Crippen LogP contribution in [0.25, 0.3) is 10.9 Å². The van der Waals surface area contributed by atoms with Gasteiger partial charge in [0.2, 0.25) is 0 Å². The van der Waals surface area contributed by atoms with E-state index in [9.17, 15) is 4.79 Å². The minimum atomic E-state index is -0.0950. The summed E-state index contributed by atoms with van der Waals surface area (Å²) in [5.74, 6) is 1.42. The van der Waals surface area contributed by atoms with Gasteiger partial charge in [-0.05, 0) is 35.4 Å². The molecule has 0 amide bonds. The van der Waals surface area contributed by atoms with E-state index in [1.807, 2.05) is 54.6 Å². The summed E-state index contributed by atoms with van der Waals surface area (Å²) in [6.07, 6.45) is 0.607. The van der Waals surface area contributed by atoms with Gasteiger partial charge in [-0.2, -0.15) is 0 Å². The molecule has 0 bridgehead atoms. The zero-order valence-electron chi connectivity index (χ0n) is 18.8. The third kappa shape index (κ3) is 5.32. The van der Waals surface area contributed by atoms with Crippen molar-refractivity contribution in [3.05, 3.63) is 106 Å². The van der Waals surface area contributed by atoms with Crippen LogP contribution in [0.4, 0.5) is 5.69 Å². The molecule has 0 aliphatic carbocycles. The Labute approximate surface area is 208 Å². The first-order valence-corrected chi connectivity index (χ1v) is 12.8. The smallest absolute Gasteiger partial charge is 0.258 e. The van der Waals surface area contributed by atoms with Crippen LogP contribution in [0, 0.1) is 0 Å². The Morgan fingerprint density at radius 2 is 1.62 bits per heavy atom. The van der Waals surface area contributed by atoms with Crippen LogP contribution in [0.3, 0.4) is 0 Å². The summed E-state index contributed by atoms with van der Waals surface area (Å²) in [5.41, 5.74) is 4.09. The normalized spacial score (nSPS) is 13.9. The summed E-state index contributed by atoms with van der Waals surface area (Å²) in [5, 5.41) is 0.623. The molecule has 1 N–H and O–H groups in total. The number of aromatic nitrogens is 2. The van der Waals surface area contributed by atoms with E-state index in [1.165, 1.54) is 5.69 Å². The van der Waals surface area contributed by atoms with Crippen molar-refractivity contribution in [2.75, 3.05) is 31.1 Å². The average molecular weight is 487 g/mol.